The molecule has 3 fully saturated rings. The summed E-state index contributed by atoms with van der Waals surface area (Å²) in [7, 11) is -0.429. The lowest BCUT2D eigenvalue weighted by Gasteiger charge is -2.38. The Morgan fingerprint density at radius 3 is 2.50 bits per heavy atom. The first kappa shape index (κ1) is 32.7. The van der Waals surface area contributed by atoms with Gasteiger partial charge in [-0.1, -0.05) is 42.6 Å². The maximum Gasteiger partial charge on any atom is 0.407 e. The quantitative estimate of drug-likeness (QED) is 0.365. The van der Waals surface area contributed by atoms with E-state index in [4.69, 9.17) is 21.1 Å². The third kappa shape index (κ3) is 7.73. The van der Waals surface area contributed by atoms with E-state index in [1.807, 2.05) is 18.2 Å². The minimum Gasteiger partial charge on any atom is -0.481 e. The van der Waals surface area contributed by atoms with Gasteiger partial charge in [0.05, 0.1) is 20.0 Å². The molecule has 1 saturated carbocycles. The minimum absolute atomic E-state index is 0.0584. The van der Waals surface area contributed by atoms with Crippen LogP contribution in [0.5, 0.6) is 5.88 Å². The van der Waals surface area contributed by atoms with Crippen molar-refractivity contribution in [1.29, 1.82) is 0 Å². The first-order valence-corrected chi connectivity index (χ1v) is 17.5. The van der Waals surface area contributed by atoms with Gasteiger partial charge in [-0.05, 0) is 67.2 Å². The molecule has 0 radical (unpaired) electrons. The summed E-state index contributed by atoms with van der Waals surface area (Å²) in [6, 6.07) is 10.1. The van der Waals surface area contributed by atoms with Crippen molar-refractivity contribution in [3.05, 3.63) is 58.7 Å². The maximum absolute atomic E-state index is 14.2. The van der Waals surface area contributed by atoms with Crippen molar-refractivity contribution in [3.8, 4) is 5.88 Å². The van der Waals surface area contributed by atoms with E-state index in [9.17, 15) is 18.0 Å². The van der Waals surface area contributed by atoms with Gasteiger partial charge < -0.3 is 20.1 Å². The number of Topliss-reactive ketones (excluding diaryl/α,β-unsaturated/α-hetero) is 1. The number of carbonyl (C=O) groups is 2. The number of benzene rings is 1. The van der Waals surface area contributed by atoms with Gasteiger partial charge in [0.1, 0.15) is 6.04 Å². The highest BCUT2D eigenvalue weighted by molar-refractivity contribution is 7.89. The lowest BCUT2D eigenvalue weighted by Crippen LogP contribution is -2.57. The Balaban J connectivity index is 1.34. The summed E-state index contributed by atoms with van der Waals surface area (Å²) in [5.41, 5.74) is 1.55. The SMILES string of the molecule is COC(=O)N[C@H](C(=O)C[C@H]1CCC[C@@H]1CC[C@H]1CN[C@@H]2CCCS(=O)(=O)N1C2)[C@@H](c1ccc(Cl)cc1)c1ccc(OC)nc1. The molecule has 5 rings (SSSR count). The Kier molecular flexibility index (Phi) is 10.8. The average molecular weight is 647 g/mol. The number of sulfonamides is 1. The van der Waals surface area contributed by atoms with Crippen LogP contribution in [0.4, 0.5) is 4.79 Å². The second-order valence-corrected chi connectivity index (χ2v) is 14.7. The number of aromatic nitrogens is 1. The van der Waals surface area contributed by atoms with Gasteiger partial charge in [-0.3, -0.25) is 4.79 Å². The number of alkyl carbamates (subject to hydrolysis) is 1. The monoisotopic (exact) mass is 646 g/mol. The molecular formula is C32H43ClN4O6S. The molecule has 2 saturated heterocycles. The number of amides is 1. The molecule has 2 aliphatic heterocycles. The highest BCUT2D eigenvalue weighted by Crippen LogP contribution is 2.40. The number of pyridine rings is 1. The number of piperazine rings is 1. The fourth-order valence-corrected chi connectivity index (χ4v) is 9.21. The van der Waals surface area contributed by atoms with Gasteiger partial charge in [0, 0.05) is 54.8 Å². The highest BCUT2D eigenvalue weighted by atomic mass is 35.5. The van der Waals surface area contributed by atoms with Crippen molar-refractivity contribution >= 4 is 33.5 Å². The van der Waals surface area contributed by atoms with Crippen LogP contribution in [-0.4, -0.2) is 80.8 Å². The zero-order chi connectivity index (χ0) is 31.3. The molecule has 240 valence electrons. The molecule has 2 N–H and O–H groups in total. The first-order chi connectivity index (χ1) is 21.2. The maximum atomic E-state index is 14.2. The van der Waals surface area contributed by atoms with E-state index >= 15 is 0 Å². The van der Waals surface area contributed by atoms with Crippen LogP contribution >= 0.6 is 11.6 Å². The number of fused-ring (bicyclic) bond motifs is 2. The Morgan fingerprint density at radius 2 is 1.80 bits per heavy atom. The molecule has 12 heteroatoms. The van der Waals surface area contributed by atoms with Gasteiger partial charge in [-0.15, -0.1) is 0 Å². The first-order valence-electron chi connectivity index (χ1n) is 15.5. The molecule has 0 spiro atoms. The molecule has 1 amide bonds. The molecule has 2 aromatic rings. The molecule has 3 aliphatic rings. The van der Waals surface area contributed by atoms with Crippen molar-refractivity contribution in [2.24, 2.45) is 11.8 Å². The molecule has 2 bridgehead atoms. The van der Waals surface area contributed by atoms with E-state index in [1.165, 1.54) is 14.2 Å². The summed E-state index contributed by atoms with van der Waals surface area (Å²) in [5, 5.41) is 6.95. The third-order valence-electron chi connectivity index (χ3n) is 9.61. The summed E-state index contributed by atoms with van der Waals surface area (Å²) >= 11 is 6.19. The van der Waals surface area contributed by atoms with Crippen molar-refractivity contribution < 1.29 is 27.5 Å². The number of ketones is 1. The molecular weight excluding hydrogens is 604 g/mol. The number of methoxy groups -OCH3 is 2. The van der Waals surface area contributed by atoms with Crippen LogP contribution in [0.25, 0.3) is 0 Å². The zero-order valence-electron chi connectivity index (χ0n) is 25.4. The van der Waals surface area contributed by atoms with E-state index in [0.717, 1.165) is 49.7 Å². The van der Waals surface area contributed by atoms with E-state index in [0.29, 0.717) is 42.8 Å². The van der Waals surface area contributed by atoms with Crippen molar-refractivity contribution in [2.45, 2.75) is 75.4 Å². The van der Waals surface area contributed by atoms with Gasteiger partial charge in [0.25, 0.3) is 0 Å². The fraction of sp³-hybridized carbons (Fsp3) is 0.594. The molecule has 10 nitrogen and oxygen atoms in total. The van der Waals surface area contributed by atoms with E-state index in [1.54, 1.807) is 28.7 Å². The number of carbonyl (C=O) groups excluding carboxylic acids is 2. The van der Waals surface area contributed by atoms with Crippen LogP contribution in [0, 0.1) is 11.8 Å². The van der Waals surface area contributed by atoms with Crippen LogP contribution in [-0.2, 0) is 19.6 Å². The standard InChI is InChI=1S/C32H43ClN4O6S/c1-42-29-15-11-24(18-35-29)30(22-8-12-25(33)13-9-22)31(36-32(39)43-2)28(38)17-23-6-3-5-21(23)10-14-27-19-34-26-7-4-16-44(40,41)37(27)20-26/h8-9,11-13,15,18,21,23,26-27,30-31,34H,3-7,10,14,16-17,19-20H2,1-2H3,(H,36,39)/t21-,23-,26-,27+,30+,31-/m1/s1. The van der Waals surface area contributed by atoms with Gasteiger partial charge in [0.15, 0.2) is 5.78 Å². The predicted octanol–water partition coefficient (Wildman–Crippen LogP) is 4.52. The molecule has 1 aliphatic carbocycles. The zero-order valence-corrected chi connectivity index (χ0v) is 27.0. The van der Waals surface area contributed by atoms with E-state index in [-0.39, 0.29) is 29.5 Å². The normalized spacial score (nSPS) is 27.5. The Morgan fingerprint density at radius 1 is 1.05 bits per heavy atom. The number of halogens is 1. The van der Waals surface area contributed by atoms with Crippen LogP contribution in [0.1, 0.15) is 68.4 Å². The number of nitrogens with one attached hydrogen (secondary N) is 2. The second-order valence-electron chi connectivity index (χ2n) is 12.3. The summed E-state index contributed by atoms with van der Waals surface area (Å²) in [4.78, 5) is 31.2. The highest BCUT2D eigenvalue weighted by Gasteiger charge is 2.40. The lowest BCUT2D eigenvalue weighted by molar-refractivity contribution is -0.122. The molecule has 44 heavy (non-hydrogen) atoms. The van der Waals surface area contributed by atoms with Crippen LogP contribution in [0.2, 0.25) is 5.02 Å². The van der Waals surface area contributed by atoms with E-state index < -0.39 is 28.1 Å². The van der Waals surface area contributed by atoms with Crippen molar-refractivity contribution in [3.63, 3.8) is 0 Å². The number of ether oxygens (including phenoxy) is 2. The van der Waals surface area contributed by atoms with Gasteiger partial charge in [-0.25, -0.2) is 18.2 Å². The minimum atomic E-state index is -3.25. The van der Waals surface area contributed by atoms with Gasteiger partial charge in [-0.2, -0.15) is 4.31 Å². The van der Waals surface area contributed by atoms with Gasteiger partial charge in [0.2, 0.25) is 15.9 Å². The van der Waals surface area contributed by atoms with Crippen molar-refractivity contribution in [2.75, 3.05) is 33.1 Å². The van der Waals surface area contributed by atoms with E-state index in [2.05, 4.69) is 15.6 Å². The Labute approximate surface area is 265 Å². The molecule has 1 aromatic carbocycles. The lowest BCUT2D eigenvalue weighted by atomic mass is 9.79. The molecule has 1 aromatic heterocycles. The summed E-state index contributed by atoms with van der Waals surface area (Å²) < 4.78 is 37.8. The van der Waals surface area contributed by atoms with Crippen molar-refractivity contribution in [1.82, 2.24) is 19.9 Å². The molecule has 3 heterocycles. The van der Waals surface area contributed by atoms with Gasteiger partial charge >= 0.3 is 6.09 Å². The number of hydrogen-bond acceptors (Lipinski definition) is 8. The van der Waals surface area contributed by atoms with Crippen LogP contribution in [0.3, 0.4) is 0 Å². The number of hydrogen-bond donors (Lipinski definition) is 2. The Hall–Kier alpha value is -2.73. The predicted molar refractivity (Wildman–Crippen MR) is 168 cm³/mol. The topological polar surface area (TPSA) is 127 Å². The van der Waals surface area contributed by atoms with Crippen LogP contribution in [0.15, 0.2) is 42.6 Å². The summed E-state index contributed by atoms with van der Waals surface area (Å²) in [6.07, 6.45) is 7.44. The number of nitrogens with zero attached hydrogens (tertiary/aromatic N) is 2. The van der Waals surface area contributed by atoms with Crippen LogP contribution < -0.4 is 15.4 Å². The summed E-state index contributed by atoms with van der Waals surface area (Å²) in [5.74, 6) is 0.496. The second kappa shape index (κ2) is 14.6. The largest absolute Gasteiger partial charge is 0.481 e. The average Bonchev–Trinajstić information content (AvgIpc) is 3.42. The molecule has 7 atom stereocenters. The number of rotatable bonds is 11. The third-order valence-corrected chi connectivity index (χ3v) is 11.8. The molecule has 1 unspecified atom stereocenters. The fourth-order valence-electron chi connectivity index (χ4n) is 7.28. The summed E-state index contributed by atoms with van der Waals surface area (Å²) in [6.45, 7) is 1.22. The smallest absolute Gasteiger partial charge is 0.407 e. The Bertz CT molecular complexity index is 1390.